The number of rotatable bonds is 8. The van der Waals surface area contributed by atoms with Crippen molar-refractivity contribution in [2.24, 2.45) is 5.73 Å². The highest BCUT2D eigenvalue weighted by atomic mass is 15.2. The van der Waals surface area contributed by atoms with Crippen LogP contribution in [0.2, 0.25) is 0 Å². The topological polar surface area (TPSA) is 29.3 Å². The molecule has 0 bridgehead atoms. The van der Waals surface area contributed by atoms with Gasteiger partial charge < -0.3 is 5.73 Å². The molecule has 0 spiro atoms. The van der Waals surface area contributed by atoms with Crippen LogP contribution in [-0.4, -0.2) is 24.0 Å². The Kier molecular flexibility index (Phi) is 6.53. The van der Waals surface area contributed by atoms with Crippen LogP contribution in [0.1, 0.15) is 50.7 Å². The van der Waals surface area contributed by atoms with Crippen LogP contribution in [0.4, 0.5) is 0 Å². The van der Waals surface area contributed by atoms with Gasteiger partial charge in [-0.3, -0.25) is 4.90 Å². The van der Waals surface area contributed by atoms with Crippen molar-refractivity contribution < 1.29 is 0 Å². The van der Waals surface area contributed by atoms with Crippen molar-refractivity contribution in [3.05, 3.63) is 35.4 Å². The molecule has 1 rings (SSSR count). The van der Waals surface area contributed by atoms with E-state index >= 15 is 0 Å². The molecule has 0 saturated heterocycles. The lowest BCUT2D eigenvalue weighted by molar-refractivity contribution is 0.0997. The zero-order valence-corrected chi connectivity index (χ0v) is 13.1. The summed E-state index contributed by atoms with van der Waals surface area (Å²) in [7, 11) is 2.22. The van der Waals surface area contributed by atoms with E-state index in [0.717, 1.165) is 19.5 Å². The van der Waals surface area contributed by atoms with E-state index in [1.54, 1.807) is 0 Å². The lowest BCUT2D eigenvalue weighted by atomic mass is 9.87. The average Bonchev–Trinajstić information content (AvgIpc) is 2.43. The molecule has 108 valence electrons. The van der Waals surface area contributed by atoms with Gasteiger partial charge in [0.15, 0.2) is 0 Å². The van der Waals surface area contributed by atoms with Crippen molar-refractivity contribution in [1.82, 2.24) is 4.90 Å². The fourth-order valence-electron chi connectivity index (χ4n) is 2.76. The molecule has 0 aromatic heterocycles. The van der Waals surface area contributed by atoms with Gasteiger partial charge in [0.05, 0.1) is 0 Å². The molecule has 0 aliphatic heterocycles. The van der Waals surface area contributed by atoms with Gasteiger partial charge in [-0.05, 0) is 37.9 Å². The predicted octanol–water partition coefficient (Wildman–Crippen LogP) is 3.72. The lowest BCUT2D eigenvalue weighted by Crippen LogP contribution is -2.51. The summed E-state index contributed by atoms with van der Waals surface area (Å²) < 4.78 is 0. The van der Waals surface area contributed by atoms with E-state index in [-0.39, 0.29) is 5.54 Å². The third-order valence-electron chi connectivity index (χ3n) is 4.51. The Hall–Kier alpha value is -0.860. The summed E-state index contributed by atoms with van der Waals surface area (Å²) in [5.41, 5.74) is 9.04. The Morgan fingerprint density at radius 3 is 2.42 bits per heavy atom. The van der Waals surface area contributed by atoms with Crippen LogP contribution in [0.15, 0.2) is 24.3 Å². The first-order chi connectivity index (χ1) is 9.09. The van der Waals surface area contributed by atoms with Crippen molar-refractivity contribution in [2.45, 2.75) is 58.5 Å². The Balaban J connectivity index is 2.82. The van der Waals surface area contributed by atoms with E-state index in [1.165, 1.54) is 30.4 Å². The summed E-state index contributed by atoms with van der Waals surface area (Å²) >= 11 is 0. The van der Waals surface area contributed by atoms with E-state index in [4.69, 9.17) is 5.73 Å². The largest absolute Gasteiger partial charge is 0.329 e. The van der Waals surface area contributed by atoms with Gasteiger partial charge in [-0.25, -0.2) is 0 Å². The minimum absolute atomic E-state index is 0.151. The third kappa shape index (κ3) is 4.05. The smallest absolute Gasteiger partial charge is 0.0329 e. The molecule has 1 aromatic carbocycles. The van der Waals surface area contributed by atoms with Crippen molar-refractivity contribution >= 4 is 0 Å². The van der Waals surface area contributed by atoms with E-state index < -0.39 is 0 Å². The van der Waals surface area contributed by atoms with Gasteiger partial charge in [0.2, 0.25) is 0 Å². The fraction of sp³-hybridized carbons (Fsp3) is 0.647. The molecule has 0 saturated carbocycles. The SMILES string of the molecule is CCCCC(CC)(CN)N(C)Cc1ccccc1C. The van der Waals surface area contributed by atoms with Crippen LogP contribution in [0, 0.1) is 6.92 Å². The summed E-state index contributed by atoms with van der Waals surface area (Å²) in [6.07, 6.45) is 4.80. The minimum Gasteiger partial charge on any atom is -0.329 e. The summed E-state index contributed by atoms with van der Waals surface area (Å²) in [6.45, 7) is 8.42. The van der Waals surface area contributed by atoms with Gasteiger partial charge >= 0.3 is 0 Å². The van der Waals surface area contributed by atoms with Crippen LogP contribution >= 0.6 is 0 Å². The standard InChI is InChI=1S/C17H30N2/c1-5-7-12-17(6-2,14-18)19(4)13-16-11-9-8-10-15(16)3/h8-11H,5-7,12-14,18H2,1-4H3. The Morgan fingerprint density at radius 1 is 1.21 bits per heavy atom. The number of benzene rings is 1. The molecule has 0 fully saturated rings. The first-order valence-corrected chi connectivity index (χ1v) is 7.55. The third-order valence-corrected chi connectivity index (χ3v) is 4.51. The molecule has 1 atom stereocenters. The Labute approximate surface area is 119 Å². The molecule has 1 unspecified atom stereocenters. The molecule has 0 radical (unpaired) electrons. The molecule has 2 nitrogen and oxygen atoms in total. The second kappa shape index (κ2) is 7.66. The number of hydrogen-bond donors (Lipinski definition) is 1. The van der Waals surface area contributed by atoms with Crippen molar-refractivity contribution in [2.75, 3.05) is 13.6 Å². The fourth-order valence-corrected chi connectivity index (χ4v) is 2.76. The molecule has 2 N–H and O–H groups in total. The second-order valence-corrected chi connectivity index (χ2v) is 5.67. The Morgan fingerprint density at radius 2 is 1.89 bits per heavy atom. The highest BCUT2D eigenvalue weighted by Gasteiger charge is 2.30. The summed E-state index contributed by atoms with van der Waals surface area (Å²) in [4.78, 5) is 2.46. The number of nitrogens with zero attached hydrogens (tertiary/aromatic N) is 1. The first-order valence-electron chi connectivity index (χ1n) is 7.55. The quantitative estimate of drug-likeness (QED) is 0.773. The van der Waals surface area contributed by atoms with E-state index in [0.29, 0.717) is 0 Å². The second-order valence-electron chi connectivity index (χ2n) is 5.67. The number of hydrogen-bond acceptors (Lipinski definition) is 2. The average molecular weight is 262 g/mol. The predicted molar refractivity (Wildman–Crippen MR) is 84.2 cm³/mol. The number of aryl methyl sites for hydroxylation is 1. The maximum atomic E-state index is 6.11. The highest BCUT2D eigenvalue weighted by molar-refractivity contribution is 5.25. The van der Waals surface area contributed by atoms with Gasteiger partial charge in [0, 0.05) is 18.6 Å². The first kappa shape index (κ1) is 16.2. The zero-order chi connectivity index (χ0) is 14.3. The monoisotopic (exact) mass is 262 g/mol. The normalized spacial score (nSPS) is 14.6. The van der Waals surface area contributed by atoms with Crippen molar-refractivity contribution in [3.63, 3.8) is 0 Å². The van der Waals surface area contributed by atoms with Gasteiger partial charge in [0.25, 0.3) is 0 Å². The van der Waals surface area contributed by atoms with Gasteiger partial charge in [0.1, 0.15) is 0 Å². The minimum atomic E-state index is 0.151. The van der Waals surface area contributed by atoms with E-state index in [1.807, 2.05) is 0 Å². The summed E-state index contributed by atoms with van der Waals surface area (Å²) in [6, 6.07) is 8.64. The van der Waals surface area contributed by atoms with Crippen molar-refractivity contribution in [3.8, 4) is 0 Å². The van der Waals surface area contributed by atoms with Gasteiger partial charge in [-0.2, -0.15) is 0 Å². The molecule has 0 amide bonds. The summed E-state index contributed by atoms with van der Waals surface area (Å²) in [5.74, 6) is 0. The number of unbranched alkanes of at least 4 members (excludes halogenated alkanes) is 1. The molecule has 1 aromatic rings. The van der Waals surface area contributed by atoms with E-state index in [9.17, 15) is 0 Å². The maximum absolute atomic E-state index is 6.11. The molecule has 19 heavy (non-hydrogen) atoms. The Bertz CT molecular complexity index is 369. The highest BCUT2D eigenvalue weighted by Crippen LogP contribution is 2.26. The van der Waals surface area contributed by atoms with Crippen LogP contribution in [0.3, 0.4) is 0 Å². The van der Waals surface area contributed by atoms with Crippen molar-refractivity contribution in [1.29, 1.82) is 0 Å². The number of likely N-dealkylation sites (N-methyl/N-ethyl adjacent to an activating group) is 1. The molecular weight excluding hydrogens is 232 g/mol. The van der Waals surface area contributed by atoms with Gasteiger partial charge in [-0.1, -0.05) is 51.0 Å². The molecule has 0 heterocycles. The van der Waals surface area contributed by atoms with Crippen LogP contribution in [0.5, 0.6) is 0 Å². The molecule has 0 aliphatic carbocycles. The zero-order valence-electron chi connectivity index (χ0n) is 13.1. The van der Waals surface area contributed by atoms with Crippen LogP contribution in [0.25, 0.3) is 0 Å². The molecule has 2 heteroatoms. The molecular formula is C17H30N2. The lowest BCUT2D eigenvalue weighted by Gasteiger charge is -2.41. The van der Waals surface area contributed by atoms with Crippen LogP contribution in [-0.2, 0) is 6.54 Å². The molecule has 0 aliphatic rings. The van der Waals surface area contributed by atoms with E-state index in [2.05, 4.69) is 57.0 Å². The number of nitrogens with two attached hydrogens (primary N) is 1. The summed E-state index contributed by atoms with van der Waals surface area (Å²) in [5, 5.41) is 0. The van der Waals surface area contributed by atoms with Gasteiger partial charge in [-0.15, -0.1) is 0 Å². The maximum Gasteiger partial charge on any atom is 0.0329 e. The van der Waals surface area contributed by atoms with Crippen LogP contribution < -0.4 is 5.73 Å².